The number of ether oxygens (including phenoxy) is 1. The Morgan fingerprint density at radius 1 is 1.21 bits per heavy atom. The van der Waals surface area contributed by atoms with Crippen LogP contribution in [0.4, 0.5) is 5.69 Å². The van der Waals surface area contributed by atoms with Crippen molar-refractivity contribution >= 4 is 28.5 Å². The average molecular weight is 325 g/mol. The highest BCUT2D eigenvalue weighted by atomic mass is 16.5. The largest absolute Gasteiger partial charge is 0.461 e. The van der Waals surface area contributed by atoms with Gasteiger partial charge in [0.2, 0.25) is 0 Å². The molecule has 3 rings (SSSR count). The third-order valence-corrected chi connectivity index (χ3v) is 3.96. The van der Waals surface area contributed by atoms with E-state index in [2.05, 4.69) is 15.3 Å². The molecule has 2 aromatic heterocycles. The lowest BCUT2D eigenvalue weighted by Gasteiger charge is -2.06. The molecule has 0 spiro atoms. The highest BCUT2D eigenvalue weighted by Crippen LogP contribution is 2.22. The zero-order valence-electron chi connectivity index (χ0n) is 13.8. The van der Waals surface area contributed by atoms with Gasteiger partial charge in [0.1, 0.15) is 5.69 Å². The van der Waals surface area contributed by atoms with Crippen LogP contribution < -0.4 is 5.32 Å². The van der Waals surface area contributed by atoms with Gasteiger partial charge in [0.15, 0.2) is 0 Å². The van der Waals surface area contributed by atoms with Crippen LogP contribution in [-0.2, 0) is 4.74 Å². The van der Waals surface area contributed by atoms with Gasteiger partial charge < -0.3 is 20.0 Å². The van der Waals surface area contributed by atoms with Crippen molar-refractivity contribution in [1.82, 2.24) is 9.97 Å². The summed E-state index contributed by atoms with van der Waals surface area (Å²) in [6, 6.07) is 7.58. The number of aromatic amines is 2. The second kappa shape index (κ2) is 6.23. The number of benzene rings is 1. The Morgan fingerprint density at radius 3 is 2.75 bits per heavy atom. The summed E-state index contributed by atoms with van der Waals surface area (Å²) in [7, 11) is 0. The van der Waals surface area contributed by atoms with Crippen LogP contribution in [0.5, 0.6) is 0 Å². The topological polar surface area (TPSA) is 87.0 Å². The number of H-pyrrole nitrogens is 2. The van der Waals surface area contributed by atoms with Crippen LogP contribution in [0.3, 0.4) is 0 Å². The molecule has 0 unspecified atom stereocenters. The lowest BCUT2D eigenvalue weighted by atomic mass is 10.1. The number of fused-ring (bicyclic) bond motifs is 1. The number of aryl methyl sites for hydroxylation is 1. The number of carbonyl (C=O) groups excluding carboxylic acids is 2. The lowest BCUT2D eigenvalue weighted by molar-refractivity contribution is 0.0519. The number of rotatable bonds is 4. The molecule has 6 heteroatoms. The van der Waals surface area contributed by atoms with Crippen molar-refractivity contribution in [3.05, 3.63) is 53.0 Å². The second-order valence-corrected chi connectivity index (χ2v) is 5.58. The number of esters is 1. The van der Waals surface area contributed by atoms with Crippen LogP contribution in [0.1, 0.15) is 39.0 Å². The summed E-state index contributed by atoms with van der Waals surface area (Å²) in [6.45, 7) is 5.53. The van der Waals surface area contributed by atoms with Crippen molar-refractivity contribution in [3.63, 3.8) is 0 Å². The van der Waals surface area contributed by atoms with E-state index in [0.29, 0.717) is 28.2 Å². The predicted molar refractivity (Wildman–Crippen MR) is 92.5 cm³/mol. The molecule has 0 aliphatic heterocycles. The average Bonchev–Trinajstić information content (AvgIpc) is 3.11. The smallest absolute Gasteiger partial charge is 0.355 e. The van der Waals surface area contributed by atoms with E-state index in [9.17, 15) is 9.59 Å². The van der Waals surface area contributed by atoms with E-state index in [1.165, 1.54) is 0 Å². The Morgan fingerprint density at radius 2 is 2.00 bits per heavy atom. The summed E-state index contributed by atoms with van der Waals surface area (Å²) in [5, 5.41) is 3.90. The standard InChI is InChI=1S/C18H19N3O3/c1-4-24-18(23)16-10(2)15(11(3)20-16)17(22)21-13-5-6-14-12(9-13)7-8-19-14/h5-9,19-20H,4H2,1-3H3,(H,21,22). The Hall–Kier alpha value is -3.02. The molecule has 0 aliphatic rings. The SMILES string of the molecule is CCOC(=O)c1[nH]c(C)c(C(=O)Nc2ccc3[nH]ccc3c2)c1C. The number of amides is 1. The molecule has 0 saturated heterocycles. The van der Waals surface area contributed by atoms with E-state index in [4.69, 9.17) is 4.74 Å². The molecule has 0 fully saturated rings. The molecule has 0 atom stereocenters. The summed E-state index contributed by atoms with van der Waals surface area (Å²) in [4.78, 5) is 30.6. The molecule has 0 aliphatic carbocycles. The maximum atomic E-state index is 12.6. The Bertz CT molecular complexity index is 921. The Labute approximate surface area is 139 Å². The lowest BCUT2D eigenvalue weighted by Crippen LogP contribution is -2.14. The summed E-state index contributed by atoms with van der Waals surface area (Å²) >= 11 is 0. The minimum Gasteiger partial charge on any atom is -0.461 e. The molecule has 1 amide bonds. The number of nitrogens with one attached hydrogen (secondary N) is 3. The van der Waals surface area contributed by atoms with Crippen molar-refractivity contribution in [1.29, 1.82) is 0 Å². The monoisotopic (exact) mass is 325 g/mol. The van der Waals surface area contributed by atoms with Crippen molar-refractivity contribution in [2.75, 3.05) is 11.9 Å². The van der Waals surface area contributed by atoms with Crippen LogP contribution in [0.2, 0.25) is 0 Å². The van der Waals surface area contributed by atoms with Crippen LogP contribution in [0.15, 0.2) is 30.5 Å². The molecular formula is C18H19N3O3. The molecule has 3 aromatic rings. The molecule has 0 saturated carbocycles. The first-order valence-corrected chi connectivity index (χ1v) is 7.76. The molecule has 124 valence electrons. The Kier molecular flexibility index (Phi) is 4.12. The molecule has 1 aromatic carbocycles. The fraction of sp³-hybridized carbons (Fsp3) is 0.222. The van der Waals surface area contributed by atoms with Crippen molar-refractivity contribution in [3.8, 4) is 0 Å². The van der Waals surface area contributed by atoms with Gasteiger partial charge in [-0.2, -0.15) is 0 Å². The van der Waals surface area contributed by atoms with Crippen molar-refractivity contribution in [2.45, 2.75) is 20.8 Å². The van der Waals surface area contributed by atoms with Gasteiger partial charge in [-0.1, -0.05) is 0 Å². The van der Waals surface area contributed by atoms with Crippen molar-refractivity contribution < 1.29 is 14.3 Å². The van der Waals surface area contributed by atoms with Crippen LogP contribution in [0.25, 0.3) is 10.9 Å². The van der Waals surface area contributed by atoms with Crippen molar-refractivity contribution in [2.24, 2.45) is 0 Å². The number of hydrogen-bond acceptors (Lipinski definition) is 3. The third-order valence-electron chi connectivity index (χ3n) is 3.96. The molecule has 3 N–H and O–H groups in total. The fourth-order valence-corrected chi connectivity index (χ4v) is 2.82. The highest BCUT2D eigenvalue weighted by molar-refractivity contribution is 6.08. The zero-order chi connectivity index (χ0) is 17.3. The first kappa shape index (κ1) is 15.9. The van der Waals surface area contributed by atoms with Gasteiger partial charge in [-0.3, -0.25) is 4.79 Å². The van der Waals surface area contributed by atoms with Gasteiger partial charge in [0.05, 0.1) is 12.2 Å². The minimum absolute atomic E-state index is 0.258. The predicted octanol–water partition coefficient (Wildman–Crippen LogP) is 3.54. The highest BCUT2D eigenvalue weighted by Gasteiger charge is 2.22. The summed E-state index contributed by atoms with van der Waals surface area (Å²) in [5.74, 6) is -0.711. The van der Waals surface area contributed by atoms with Gasteiger partial charge in [-0.05, 0) is 50.6 Å². The van der Waals surface area contributed by atoms with Gasteiger partial charge in [0.25, 0.3) is 5.91 Å². The van der Waals surface area contributed by atoms with Gasteiger partial charge in [-0.25, -0.2) is 4.79 Å². The zero-order valence-corrected chi connectivity index (χ0v) is 13.8. The third kappa shape index (κ3) is 2.78. The van der Waals surface area contributed by atoms with Gasteiger partial charge in [0, 0.05) is 28.5 Å². The number of hydrogen-bond donors (Lipinski definition) is 3. The van der Waals surface area contributed by atoms with E-state index >= 15 is 0 Å². The maximum Gasteiger partial charge on any atom is 0.355 e. The van der Waals surface area contributed by atoms with Crippen LogP contribution >= 0.6 is 0 Å². The number of carbonyl (C=O) groups is 2. The summed E-state index contributed by atoms with van der Waals surface area (Å²) < 4.78 is 5.01. The van der Waals surface area contributed by atoms with Gasteiger partial charge >= 0.3 is 5.97 Å². The maximum absolute atomic E-state index is 12.6. The quantitative estimate of drug-likeness (QED) is 0.641. The molecule has 0 radical (unpaired) electrons. The minimum atomic E-state index is -0.453. The molecule has 0 bridgehead atoms. The molecular weight excluding hydrogens is 306 g/mol. The summed E-state index contributed by atoms with van der Waals surface area (Å²) in [5.41, 5.74) is 3.71. The number of aromatic nitrogens is 2. The normalized spacial score (nSPS) is 10.8. The fourth-order valence-electron chi connectivity index (χ4n) is 2.82. The molecule has 24 heavy (non-hydrogen) atoms. The van der Waals surface area contributed by atoms with E-state index in [-0.39, 0.29) is 12.5 Å². The van der Waals surface area contributed by atoms with Crippen LogP contribution in [0, 0.1) is 13.8 Å². The number of anilines is 1. The first-order valence-electron chi connectivity index (χ1n) is 7.76. The molecule has 6 nitrogen and oxygen atoms in total. The Balaban J connectivity index is 1.88. The first-order chi connectivity index (χ1) is 11.5. The van der Waals surface area contributed by atoms with Gasteiger partial charge in [-0.15, -0.1) is 0 Å². The van der Waals surface area contributed by atoms with E-state index in [0.717, 1.165) is 10.9 Å². The molecule has 2 heterocycles. The summed E-state index contributed by atoms with van der Waals surface area (Å²) in [6.07, 6.45) is 1.85. The van der Waals surface area contributed by atoms with E-state index in [1.807, 2.05) is 30.5 Å². The second-order valence-electron chi connectivity index (χ2n) is 5.58. The van der Waals surface area contributed by atoms with E-state index < -0.39 is 5.97 Å². The van der Waals surface area contributed by atoms with Crippen LogP contribution in [-0.4, -0.2) is 28.5 Å². The van der Waals surface area contributed by atoms with E-state index in [1.54, 1.807) is 20.8 Å².